The van der Waals surface area contributed by atoms with Gasteiger partial charge in [0, 0.05) is 0 Å². The molecule has 0 aliphatic heterocycles. The fraction of sp³-hybridized carbons (Fsp3) is 0.923. The van der Waals surface area contributed by atoms with Gasteiger partial charge in [-0.15, -0.1) is 0 Å². The molecule has 1 rings (SSSR count). The van der Waals surface area contributed by atoms with E-state index in [-0.39, 0.29) is 17.3 Å². The Morgan fingerprint density at radius 3 is 2.31 bits per heavy atom. The third-order valence-corrected chi connectivity index (χ3v) is 4.17. The summed E-state index contributed by atoms with van der Waals surface area (Å²) in [7, 11) is 0. The van der Waals surface area contributed by atoms with Gasteiger partial charge in [0.25, 0.3) is 0 Å². The monoisotopic (exact) mass is 227 g/mol. The summed E-state index contributed by atoms with van der Waals surface area (Å²) in [5.74, 6) is 0.436. The van der Waals surface area contributed by atoms with Gasteiger partial charge in [-0.1, -0.05) is 27.7 Å². The number of hydrogen-bond acceptors (Lipinski definition) is 2. The van der Waals surface area contributed by atoms with Gasteiger partial charge in [-0.3, -0.25) is 4.79 Å². The SMILES string of the molecule is C[C@H]1C[C@@](CN)(CC(=O)O)C[C@H]1C(C)(C)C. The predicted octanol–water partition coefficient (Wildman–Crippen LogP) is 2.50. The van der Waals surface area contributed by atoms with E-state index < -0.39 is 5.97 Å². The average Bonchev–Trinajstić information content (AvgIpc) is 2.42. The van der Waals surface area contributed by atoms with E-state index in [4.69, 9.17) is 10.8 Å². The predicted molar refractivity (Wildman–Crippen MR) is 65.1 cm³/mol. The molecule has 0 unspecified atom stereocenters. The smallest absolute Gasteiger partial charge is 0.303 e. The molecule has 1 saturated carbocycles. The number of nitrogens with two attached hydrogens (primary N) is 1. The zero-order valence-corrected chi connectivity index (χ0v) is 10.9. The third kappa shape index (κ3) is 2.76. The van der Waals surface area contributed by atoms with E-state index in [1.807, 2.05) is 0 Å². The van der Waals surface area contributed by atoms with Crippen molar-refractivity contribution in [2.45, 2.75) is 47.0 Å². The van der Waals surface area contributed by atoms with Crippen LogP contribution in [-0.4, -0.2) is 17.6 Å². The number of carbonyl (C=O) groups is 1. The summed E-state index contributed by atoms with van der Waals surface area (Å²) in [5, 5.41) is 8.99. The lowest BCUT2D eigenvalue weighted by Crippen LogP contribution is -2.31. The van der Waals surface area contributed by atoms with Crippen molar-refractivity contribution in [3.63, 3.8) is 0 Å². The van der Waals surface area contributed by atoms with Gasteiger partial charge < -0.3 is 10.8 Å². The van der Waals surface area contributed by atoms with Gasteiger partial charge in [0.2, 0.25) is 0 Å². The Kier molecular flexibility index (Phi) is 3.68. The van der Waals surface area contributed by atoms with Crippen molar-refractivity contribution in [3.8, 4) is 0 Å². The van der Waals surface area contributed by atoms with Crippen LogP contribution in [0, 0.1) is 22.7 Å². The molecule has 0 saturated heterocycles. The van der Waals surface area contributed by atoms with Crippen molar-refractivity contribution in [2.24, 2.45) is 28.4 Å². The molecule has 1 fully saturated rings. The van der Waals surface area contributed by atoms with Crippen LogP contribution in [0.4, 0.5) is 0 Å². The molecule has 0 amide bonds. The van der Waals surface area contributed by atoms with E-state index in [1.165, 1.54) is 0 Å². The number of carboxylic acids is 1. The third-order valence-electron chi connectivity index (χ3n) is 4.17. The molecule has 94 valence electrons. The molecule has 0 bridgehead atoms. The Bertz CT molecular complexity index is 270. The zero-order chi connectivity index (χ0) is 12.6. The van der Waals surface area contributed by atoms with E-state index in [0.717, 1.165) is 12.8 Å². The molecule has 3 heteroatoms. The summed E-state index contributed by atoms with van der Waals surface area (Å²) in [6.45, 7) is 9.44. The molecule has 0 aromatic carbocycles. The van der Waals surface area contributed by atoms with Crippen LogP contribution in [0.5, 0.6) is 0 Å². The average molecular weight is 227 g/mol. The van der Waals surface area contributed by atoms with Crippen LogP contribution >= 0.6 is 0 Å². The minimum Gasteiger partial charge on any atom is -0.481 e. The van der Waals surface area contributed by atoms with Crippen LogP contribution in [0.15, 0.2) is 0 Å². The molecule has 3 N–H and O–H groups in total. The van der Waals surface area contributed by atoms with Gasteiger partial charge in [-0.25, -0.2) is 0 Å². The highest BCUT2D eigenvalue weighted by atomic mass is 16.4. The lowest BCUT2D eigenvalue weighted by atomic mass is 9.74. The van der Waals surface area contributed by atoms with Crippen molar-refractivity contribution < 1.29 is 9.90 Å². The van der Waals surface area contributed by atoms with Gasteiger partial charge >= 0.3 is 5.97 Å². The Labute approximate surface area is 98.4 Å². The Morgan fingerprint density at radius 1 is 1.44 bits per heavy atom. The van der Waals surface area contributed by atoms with Gasteiger partial charge in [0.1, 0.15) is 0 Å². The first kappa shape index (κ1) is 13.5. The maximum absolute atomic E-state index is 10.9. The Hall–Kier alpha value is -0.570. The first-order valence-electron chi connectivity index (χ1n) is 6.12. The molecule has 16 heavy (non-hydrogen) atoms. The van der Waals surface area contributed by atoms with Gasteiger partial charge in [-0.2, -0.15) is 0 Å². The zero-order valence-electron chi connectivity index (χ0n) is 10.9. The molecule has 0 aromatic rings. The number of carboxylic acid groups (broad SMARTS) is 1. The Morgan fingerprint density at radius 2 is 2.00 bits per heavy atom. The Balaban J connectivity index is 2.83. The fourth-order valence-corrected chi connectivity index (χ4v) is 3.44. The largest absolute Gasteiger partial charge is 0.481 e. The minimum absolute atomic E-state index is 0.163. The molecule has 0 aromatic heterocycles. The fourth-order valence-electron chi connectivity index (χ4n) is 3.44. The molecule has 0 radical (unpaired) electrons. The van der Waals surface area contributed by atoms with Crippen LogP contribution < -0.4 is 5.73 Å². The highest BCUT2D eigenvalue weighted by molar-refractivity contribution is 5.67. The number of hydrogen-bond donors (Lipinski definition) is 2. The van der Waals surface area contributed by atoms with E-state index in [2.05, 4.69) is 27.7 Å². The van der Waals surface area contributed by atoms with Crippen LogP contribution in [0.1, 0.15) is 47.0 Å². The van der Waals surface area contributed by atoms with E-state index >= 15 is 0 Å². The van der Waals surface area contributed by atoms with Crippen molar-refractivity contribution >= 4 is 5.97 Å². The number of rotatable bonds is 3. The quantitative estimate of drug-likeness (QED) is 0.778. The van der Waals surface area contributed by atoms with Gasteiger partial charge in [0.05, 0.1) is 6.42 Å². The molecule has 1 aliphatic carbocycles. The second-order valence-corrected chi connectivity index (χ2v) is 6.63. The lowest BCUT2D eigenvalue weighted by Gasteiger charge is -2.32. The summed E-state index contributed by atoms with van der Waals surface area (Å²) in [4.78, 5) is 10.9. The van der Waals surface area contributed by atoms with Crippen LogP contribution in [0.3, 0.4) is 0 Å². The van der Waals surface area contributed by atoms with Crippen molar-refractivity contribution in [2.75, 3.05) is 6.54 Å². The summed E-state index contributed by atoms with van der Waals surface area (Å²) < 4.78 is 0. The van der Waals surface area contributed by atoms with Crippen molar-refractivity contribution in [3.05, 3.63) is 0 Å². The highest BCUT2D eigenvalue weighted by Crippen LogP contribution is 2.53. The van der Waals surface area contributed by atoms with Gasteiger partial charge in [0.15, 0.2) is 0 Å². The van der Waals surface area contributed by atoms with Crippen LogP contribution in [0.25, 0.3) is 0 Å². The second kappa shape index (κ2) is 4.36. The molecule has 0 spiro atoms. The van der Waals surface area contributed by atoms with Crippen molar-refractivity contribution in [1.82, 2.24) is 0 Å². The van der Waals surface area contributed by atoms with E-state index in [0.29, 0.717) is 18.4 Å². The normalized spacial score (nSPS) is 35.3. The first-order valence-corrected chi connectivity index (χ1v) is 6.12. The topological polar surface area (TPSA) is 63.3 Å². The molecular formula is C13H25NO2. The van der Waals surface area contributed by atoms with Crippen LogP contribution in [0.2, 0.25) is 0 Å². The maximum Gasteiger partial charge on any atom is 0.303 e. The highest BCUT2D eigenvalue weighted by Gasteiger charge is 2.47. The molecule has 0 heterocycles. The minimum atomic E-state index is -0.716. The summed E-state index contributed by atoms with van der Waals surface area (Å²) in [6.07, 6.45) is 2.14. The van der Waals surface area contributed by atoms with Crippen LogP contribution in [-0.2, 0) is 4.79 Å². The van der Waals surface area contributed by atoms with E-state index in [1.54, 1.807) is 0 Å². The molecule has 3 atom stereocenters. The standard InChI is InChI=1S/C13H25NO2/c1-9-5-13(8-14,7-11(15)16)6-10(9)12(2,3)4/h9-10H,5-8,14H2,1-4H3,(H,15,16)/t9-,10+,13-/m0/s1. The van der Waals surface area contributed by atoms with Gasteiger partial charge in [-0.05, 0) is 42.1 Å². The maximum atomic E-state index is 10.9. The van der Waals surface area contributed by atoms with Crippen molar-refractivity contribution in [1.29, 1.82) is 0 Å². The molecule has 3 nitrogen and oxygen atoms in total. The summed E-state index contributed by atoms with van der Waals surface area (Å²) >= 11 is 0. The second-order valence-electron chi connectivity index (χ2n) is 6.63. The first-order chi connectivity index (χ1) is 7.20. The summed E-state index contributed by atoms with van der Waals surface area (Å²) in [5.41, 5.74) is 5.90. The van der Waals surface area contributed by atoms with E-state index in [9.17, 15) is 4.79 Å². The molecule has 1 aliphatic rings. The molecular weight excluding hydrogens is 202 g/mol. The number of aliphatic carboxylic acids is 1. The lowest BCUT2D eigenvalue weighted by molar-refractivity contribution is -0.139. The summed E-state index contributed by atoms with van der Waals surface area (Å²) in [6, 6.07) is 0.